The maximum absolute atomic E-state index is 13.2. The first kappa shape index (κ1) is 21.6. The molecule has 2 aromatic rings. The number of quaternary nitrogens is 1. The van der Waals surface area contributed by atoms with Gasteiger partial charge in [-0.15, -0.1) is 0 Å². The van der Waals surface area contributed by atoms with Crippen molar-refractivity contribution >= 4 is 10.0 Å². The van der Waals surface area contributed by atoms with Gasteiger partial charge in [-0.1, -0.05) is 29.8 Å². The number of morpholine rings is 1. The first-order valence-electron chi connectivity index (χ1n) is 9.65. The van der Waals surface area contributed by atoms with E-state index in [9.17, 15) is 8.42 Å². The second-order valence-corrected chi connectivity index (χ2v) is 8.88. The maximum Gasteiger partial charge on any atom is 0.241 e. The van der Waals surface area contributed by atoms with Crippen molar-refractivity contribution in [1.82, 2.24) is 4.72 Å². The normalized spacial score (nSPS) is 16.4. The van der Waals surface area contributed by atoms with E-state index in [1.54, 1.807) is 6.07 Å². The summed E-state index contributed by atoms with van der Waals surface area (Å²) in [6.07, 6.45) is 0. The van der Waals surface area contributed by atoms with E-state index in [0.29, 0.717) is 31.3 Å². The van der Waals surface area contributed by atoms with Crippen molar-refractivity contribution in [3.63, 3.8) is 0 Å². The summed E-state index contributed by atoms with van der Waals surface area (Å²) in [6.45, 7) is 5.77. The van der Waals surface area contributed by atoms with E-state index >= 15 is 0 Å². The fourth-order valence-electron chi connectivity index (χ4n) is 3.42. The standard InChI is InChI=1S/C21H28N2O5S/c1-16-4-6-17(7-5-16)19(15-23-10-12-28-13-11-23)22-29(24,25)18-8-9-20(26-2)21(14-18)27-3/h4-9,14,19,22H,10-13,15H2,1-3H3/p+1/t19-/m0/s1. The fourth-order valence-corrected chi connectivity index (χ4v) is 4.66. The van der Waals surface area contributed by atoms with Crippen molar-refractivity contribution < 1.29 is 27.5 Å². The molecule has 0 aliphatic carbocycles. The molecule has 158 valence electrons. The second-order valence-electron chi connectivity index (χ2n) is 7.17. The minimum atomic E-state index is -3.76. The smallest absolute Gasteiger partial charge is 0.241 e. The van der Waals surface area contributed by atoms with Crippen molar-refractivity contribution in [2.24, 2.45) is 0 Å². The van der Waals surface area contributed by atoms with E-state index in [0.717, 1.165) is 24.2 Å². The molecule has 0 spiro atoms. The number of aryl methyl sites for hydroxylation is 1. The van der Waals surface area contributed by atoms with E-state index in [1.165, 1.54) is 31.3 Å². The summed E-state index contributed by atoms with van der Waals surface area (Å²) >= 11 is 0. The van der Waals surface area contributed by atoms with E-state index in [1.807, 2.05) is 31.2 Å². The van der Waals surface area contributed by atoms with Crippen LogP contribution in [-0.4, -0.2) is 55.5 Å². The van der Waals surface area contributed by atoms with Crippen molar-refractivity contribution in [3.8, 4) is 11.5 Å². The number of rotatable bonds is 8. The Bertz CT molecular complexity index is 909. The summed E-state index contributed by atoms with van der Waals surface area (Å²) in [5.74, 6) is 0.861. The Hall–Kier alpha value is -2.13. The van der Waals surface area contributed by atoms with Crippen molar-refractivity contribution in [3.05, 3.63) is 53.6 Å². The molecule has 0 amide bonds. The lowest BCUT2D eigenvalue weighted by atomic mass is 10.1. The summed E-state index contributed by atoms with van der Waals surface area (Å²) in [5, 5.41) is 0. The topological polar surface area (TPSA) is 78.3 Å². The Morgan fingerprint density at radius 2 is 1.69 bits per heavy atom. The van der Waals surface area contributed by atoms with Crippen LogP contribution in [0.1, 0.15) is 17.2 Å². The molecule has 1 heterocycles. The Labute approximate surface area is 172 Å². The van der Waals surface area contributed by atoms with Gasteiger partial charge < -0.3 is 19.1 Å². The van der Waals surface area contributed by atoms with Gasteiger partial charge in [0.15, 0.2) is 11.5 Å². The van der Waals surface area contributed by atoms with Crippen molar-refractivity contribution in [2.75, 3.05) is 47.1 Å². The Kier molecular flexibility index (Phi) is 7.13. The summed E-state index contributed by atoms with van der Waals surface area (Å²) in [5.41, 5.74) is 2.08. The summed E-state index contributed by atoms with van der Waals surface area (Å²) < 4.78 is 45.1. The predicted octanol–water partition coefficient (Wildman–Crippen LogP) is 0.947. The zero-order chi connectivity index (χ0) is 20.9. The van der Waals surface area contributed by atoms with Crippen LogP contribution < -0.4 is 19.1 Å². The Balaban J connectivity index is 1.88. The molecule has 2 N–H and O–H groups in total. The van der Waals surface area contributed by atoms with Crippen LogP contribution in [0, 0.1) is 6.92 Å². The number of hydrogen-bond acceptors (Lipinski definition) is 5. The molecule has 8 heteroatoms. The molecule has 7 nitrogen and oxygen atoms in total. The zero-order valence-corrected chi connectivity index (χ0v) is 17.9. The number of hydrogen-bond donors (Lipinski definition) is 2. The van der Waals surface area contributed by atoms with Gasteiger partial charge in [-0.25, -0.2) is 8.42 Å². The van der Waals surface area contributed by atoms with Crippen LogP contribution >= 0.6 is 0 Å². The van der Waals surface area contributed by atoms with Gasteiger partial charge in [0.05, 0.1) is 44.9 Å². The van der Waals surface area contributed by atoms with Crippen molar-refractivity contribution in [2.45, 2.75) is 17.9 Å². The van der Waals surface area contributed by atoms with Gasteiger partial charge in [-0.2, -0.15) is 4.72 Å². The average molecular weight is 422 g/mol. The molecule has 0 radical (unpaired) electrons. The fraction of sp³-hybridized carbons (Fsp3) is 0.429. The lowest BCUT2D eigenvalue weighted by molar-refractivity contribution is -0.909. The van der Waals surface area contributed by atoms with Crippen molar-refractivity contribution in [1.29, 1.82) is 0 Å². The van der Waals surface area contributed by atoms with Crippen LogP contribution in [-0.2, 0) is 14.8 Å². The van der Waals surface area contributed by atoms with Crippen LogP contribution in [0.15, 0.2) is 47.4 Å². The highest BCUT2D eigenvalue weighted by atomic mass is 32.2. The molecule has 3 rings (SSSR count). The van der Waals surface area contributed by atoms with E-state index in [4.69, 9.17) is 14.2 Å². The third kappa shape index (κ3) is 5.48. The van der Waals surface area contributed by atoms with Crippen LogP contribution in [0.4, 0.5) is 0 Å². The molecular weight excluding hydrogens is 392 g/mol. The first-order chi connectivity index (χ1) is 13.9. The predicted molar refractivity (Wildman–Crippen MR) is 110 cm³/mol. The Morgan fingerprint density at radius 3 is 2.31 bits per heavy atom. The third-order valence-corrected chi connectivity index (χ3v) is 6.60. The monoisotopic (exact) mass is 421 g/mol. The quantitative estimate of drug-likeness (QED) is 0.664. The van der Waals surface area contributed by atoms with Gasteiger partial charge >= 0.3 is 0 Å². The Morgan fingerprint density at radius 1 is 1.03 bits per heavy atom. The van der Waals surface area contributed by atoms with Crippen LogP contribution in [0.5, 0.6) is 11.5 Å². The molecule has 1 atom stereocenters. The van der Waals surface area contributed by atoms with Crippen LogP contribution in [0.2, 0.25) is 0 Å². The van der Waals surface area contributed by atoms with Gasteiger partial charge in [0, 0.05) is 6.07 Å². The van der Waals surface area contributed by atoms with Gasteiger partial charge in [-0.05, 0) is 24.6 Å². The number of sulfonamides is 1. The molecule has 0 saturated carbocycles. The zero-order valence-electron chi connectivity index (χ0n) is 17.1. The number of ether oxygens (including phenoxy) is 3. The molecule has 0 unspecified atom stereocenters. The number of benzene rings is 2. The molecule has 29 heavy (non-hydrogen) atoms. The van der Waals surface area contributed by atoms with Crippen LogP contribution in [0.25, 0.3) is 0 Å². The highest BCUT2D eigenvalue weighted by Crippen LogP contribution is 2.30. The molecule has 0 aromatic heterocycles. The second kappa shape index (κ2) is 9.58. The number of methoxy groups -OCH3 is 2. The van der Waals surface area contributed by atoms with Gasteiger partial charge in [0.25, 0.3) is 0 Å². The lowest BCUT2D eigenvalue weighted by Gasteiger charge is -2.28. The number of nitrogens with one attached hydrogen (secondary N) is 2. The summed E-state index contributed by atoms with van der Waals surface area (Å²) in [7, 11) is -0.755. The summed E-state index contributed by atoms with van der Waals surface area (Å²) in [4.78, 5) is 1.46. The minimum absolute atomic E-state index is 0.143. The summed E-state index contributed by atoms with van der Waals surface area (Å²) in [6, 6.07) is 12.2. The highest BCUT2D eigenvalue weighted by Gasteiger charge is 2.27. The molecule has 1 saturated heterocycles. The molecule has 1 fully saturated rings. The van der Waals surface area contributed by atoms with Gasteiger partial charge in [0.2, 0.25) is 10.0 Å². The third-order valence-electron chi connectivity index (χ3n) is 5.14. The maximum atomic E-state index is 13.2. The largest absolute Gasteiger partial charge is 0.493 e. The first-order valence-corrected chi connectivity index (χ1v) is 11.1. The van der Waals surface area contributed by atoms with Gasteiger partial charge in [-0.3, -0.25) is 0 Å². The van der Waals surface area contributed by atoms with E-state index < -0.39 is 10.0 Å². The molecular formula is C21H29N2O5S+. The van der Waals surface area contributed by atoms with E-state index in [2.05, 4.69) is 4.72 Å². The van der Waals surface area contributed by atoms with Crippen LogP contribution in [0.3, 0.4) is 0 Å². The molecule has 2 aromatic carbocycles. The molecule has 1 aliphatic rings. The molecule has 0 bridgehead atoms. The van der Waals surface area contributed by atoms with E-state index in [-0.39, 0.29) is 10.9 Å². The van der Waals surface area contributed by atoms with Gasteiger partial charge in [0.1, 0.15) is 13.1 Å². The lowest BCUT2D eigenvalue weighted by Crippen LogP contribution is -3.14. The SMILES string of the molecule is COc1ccc(S(=O)(=O)N[C@@H](C[NH+]2CCOCC2)c2ccc(C)cc2)cc1OC. The average Bonchev–Trinajstić information content (AvgIpc) is 2.74. The molecule has 1 aliphatic heterocycles. The minimum Gasteiger partial charge on any atom is -0.493 e. The highest BCUT2D eigenvalue weighted by molar-refractivity contribution is 7.89.